The number of piperidine rings is 2. The zero-order chi connectivity index (χ0) is 22.5. The molecule has 0 radical (unpaired) electrons. The molecular formula is C28H36N2O3. The minimum Gasteiger partial charge on any atom is -0.463 e. The summed E-state index contributed by atoms with van der Waals surface area (Å²) in [6.45, 7) is 0. The van der Waals surface area contributed by atoms with E-state index >= 15 is 0 Å². The van der Waals surface area contributed by atoms with Crippen molar-refractivity contribution < 1.29 is 14.3 Å². The van der Waals surface area contributed by atoms with E-state index in [1.165, 1.54) is 64.9 Å². The molecule has 4 fully saturated rings. The highest BCUT2D eigenvalue weighted by Gasteiger charge is 2.45. The maximum atomic E-state index is 12.7. The predicted octanol–water partition coefficient (Wildman–Crippen LogP) is 5.52. The van der Waals surface area contributed by atoms with Crippen molar-refractivity contribution in [3.8, 4) is 0 Å². The Kier molecular flexibility index (Phi) is 5.56. The Morgan fingerprint density at radius 3 is 2.18 bits per heavy atom. The maximum absolute atomic E-state index is 12.7. The summed E-state index contributed by atoms with van der Waals surface area (Å²) in [6, 6.07) is 10.5. The lowest BCUT2D eigenvalue weighted by Crippen LogP contribution is -2.58. The molecule has 0 N–H and O–H groups in total. The lowest BCUT2D eigenvalue weighted by Gasteiger charge is -2.55. The summed E-state index contributed by atoms with van der Waals surface area (Å²) in [4.78, 5) is 27.7. The predicted molar refractivity (Wildman–Crippen MR) is 128 cm³/mol. The number of hydrogen-bond donors (Lipinski definition) is 0. The topological polar surface area (TPSA) is 51.5 Å². The fourth-order valence-electron chi connectivity index (χ4n) is 8.04. The van der Waals surface area contributed by atoms with Gasteiger partial charge in [-0.1, -0.05) is 43.9 Å². The second-order valence-corrected chi connectivity index (χ2v) is 11.1. The smallest absolute Gasteiger partial charge is 0.379 e. The van der Waals surface area contributed by atoms with Crippen LogP contribution in [-0.4, -0.2) is 46.5 Å². The number of rotatable bonds is 4. The summed E-state index contributed by atoms with van der Waals surface area (Å²) in [7, 11) is 1.27. The van der Waals surface area contributed by atoms with Gasteiger partial charge in [0.1, 0.15) is 0 Å². The first-order valence-electron chi connectivity index (χ1n) is 13.1. The number of hydrogen-bond acceptors (Lipinski definition) is 4. The standard InChI is InChI=1S/C28H36N2O3/c1-33-28(32)27(31)25-17-29(26-11-3-2-10-24(25)26)22-15-20-8-5-9-21(16-22)30(20)23-13-18-6-4-7-19(12-18)14-23/h2-3,10-11,17-23H,4-9,12-16H2,1H3/t18-,19+,20-,21+,22?,23?. The Morgan fingerprint density at radius 2 is 1.48 bits per heavy atom. The van der Waals surface area contributed by atoms with Crippen LogP contribution in [0.1, 0.15) is 87.0 Å². The Morgan fingerprint density at radius 1 is 0.818 bits per heavy atom. The molecule has 1 aromatic carbocycles. The van der Waals surface area contributed by atoms with Crippen LogP contribution in [0.2, 0.25) is 0 Å². The molecular weight excluding hydrogens is 412 g/mol. The van der Waals surface area contributed by atoms with E-state index in [4.69, 9.17) is 4.74 Å². The van der Waals surface area contributed by atoms with Crippen molar-refractivity contribution >= 4 is 22.7 Å². The van der Waals surface area contributed by atoms with Gasteiger partial charge in [0.05, 0.1) is 12.7 Å². The SMILES string of the molecule is COC(=O)C(=O)c1cn(C2C[C@H]3CCC[C@@H](C2)N3C2C[C@H]3CCC[C@@H](C2)C3)c2ccccc12. The lowest BCUT2D eigenvalue weighted by molar-refractivity contribution is -0.135. The van der Waals surface area contributed by atoms with Gasteiger partial charge in [0.25, 0.3) is 5.78 Å². The van der Waals surface area contributed by atoms with Crippen molar-refractivity contribution in [3.63, 3.8) is 0 Å². The summed E-state index contributed by atoms with van der Waals surface area (Å²) in [5.74, 6) is 0.591. The van der Waals surface area contributed by atoms with E-state index in [0.717, 1.165) is 41.6 Å². The third kappa shape index (κ3) is 3.73. The van der Waals surface area contributed by atoms with Crippen molar-refractivity contribution in [2.45, 2.75) is 94.8 Å². The molecule has 33 heavy (non-hydrogen) atoms. The van der Waals surface area contributed by atoms with E-state index in [2.05, 4.69) is 15.5 Å². The molecule has 2 aliphatic heterocycles. The molecule has 1 aromatic heterocycles. The van der Waals surface area contributed by atoms with Gasteiger partial charge in [-0.2, -0.15) is 0 Å². The number of esters is 1. The molecule has 2 aromatic rings. The Balaban J connectivity index is 1.29. The van der Waals surface area contributed by atoms with E-state index in [-0.39, 0.29) is 0 Å². The average Bonchev–Trinajstić information content (AvgIpc) is 3.21. The highest BCUT2D eigenvalue weighted by atomic mass is 16.5. The van der Waals surface area contributed by atoms with Gasteiger partial charge in [0.2, 0.25) is 0 Å². The van der Waals surface area contributed by atoms with Crippen LogP contribution in [0.25, 0.3) is 10.9 Å². The second kappa shape index (κ2) is 8.57. The van der Waals surface area contributed by atoms with Crippen LogP contribution < -0.4 is 0 Å². The Bertz CT molecular complexity index is 1030. The Labute approximate surface area is 196 Å². The number of nitrogens with zero attached hydrogens (tertiary/aromatic N) is 2. The summed E-state index contributed by atoms with van der Waals surface area (Å²) in [5.41, 5.74) is 1.54. The van der Waals surface area contributed by atoms with Gasteiger partial charge in [0.15, 0.2) is 0 Å². The van der Waals surface area contributed by atoms with E-state index in [1.807, 2.05) is 24.4 Å². The molecule has 2 aliphatic carbocycles. The number of Topliss-reactive ketones (excluding diaryl/α,β-unsaturated/α-hetero) is 1. The van der Waals surface area contributed by atoms with Gasteiger partial charge >= 0.3 is 5.97 Å². The van der Waals surface area contributed by atoms with Crippen LogP contribution >= 0.6 is 0 Å². The van der Waals surface area contributed by atoms with Crippen LogP contribution in [-0.2, 0) is 9.53 Å². The first-order valence-corrected chi connectivity index (χ1v) is 13.1. The normalized spacial score (nSPS) is 34.2. The van der Waals surface area contributed by atoms with Crippen molar-refractivity contribution in [2.75, 3.05) is 7.11 Å². The molecule has 6 rings (SSSR count). The number of ketones is 1. The third-order valence-electron chi connectivity index (χ3n) is 9.28. The van der Waals surface area contributed by atoms with Crippen molar-refractivity contribution in [1.29, 1.82) is 0 Å². The maximum Gasteiger partial charge on any atom is 0.379 e. The first-order chi connectivity index (χ1) is 16.1. The number of fused-ring (bicyclic) bond motifs is 5. The van der Waals surface area contributed by atoms with E-state index in [0.29, 0.717) is 23.7 Å². The summed E-state index contributed by atoms with van der Waals surface area (Å²) in [6.07, 6.45) is 16.8. The molecule has 2 saturated heterocycles. The molecule has 2 unspecified atom stereocenters. The highest BCUT2D eigenvalue weighted by Crippen LogP contribution is 2.48. The number of benzene rings is 1. The zero-order valence-electron chi connectivity index (χ0n) is 19.7. The second-order valence-electron chi connectivity index (χ2n) is 11.1. The summed E-state index contributed by atoms with van der Waals surface area (Å²) < 4.78 is 7.05. The van der Waals surface area contributed by atoms with Gasteiger partial charge in [0, 0.05) is 41.3 Å². The van der Waals surface area contributed by atoms with E-state index < -0.39 is 11.8 Å². The van der Waals surface area contributed by atoms with Crippen LogP contribution in [0.3, 0.4) is 0 Å². The number of aromatic nitrogens is 1. The minimum absolute atomic E-state index is 0.378. The molecule has 0 spiro atoms. The molecule has 5 heteroatoms. The van der Waals surface area contributed by atoms with Gasteiger partial charge in [-0.3, -0.25) is 9.69 Å². The number of para-hydroxylation sites is 1. The van der Waals surface area contributed by atoms with Gasteiger partial charge < -0.3 is 9.30 Å². The Hall–Kier alpha value is -2.14. The van der Waals surface area contributed by atoms with Crippen molar-refractivity contribution in [1.82, 2.24) is 9.47 Å². The number of methoxy groups -OCH3 is 1. The highest BCUT2D eigenvalue weighted by molar-refractivity contribution is 6.43. The summed E-state index contributed by atoms with van der Waals surface area (Å²) in [5, 5.41) is 0.862. The quantitative estimate of drug-likeness (QED) is 0.351. The monoisotopic (exact) mass is 448 g/mol. The van der Waals surface area contributed by atoms with Crippen LogP contribution in [0.15, 0.2) is 30.5 Å². The van der Waals surface area contributed by atoms with Crippen molar-refractivity contribution in [2.24, 2.45) is 11.8 Å². The number of ether oxygens (including phenoxy) is 1. The molecule has 3 heterocycles. The zero-order valence-corrected chi connectivity index (χ0v) is 19.7. The molecule has 5 nitrogen and oxygen atoms in total. The van der Waals surface area contributed by atoms with Crippen molar-refractivity contribution in [3.05, 3.63) is 36.0 Å². The summed E-state index contributed by atoms with van der Waals surface area (Å²) >= 11 is 0. The molecule has 2 saturated carbocycles. The first kappa shape index (κ1) is 21.4. The molecule has 4 aliphatic rings. The molecule has 6 atom stereocenters. The molecule has 4 bridgehead atoms. The fourth-order valence-corrected chi connectivity index (χ4v) is 8.04. The van der Waals surface area contributed by atoms with Crippen LogP contribution in [0, 0.1) is 11.8 Å². The van der Waals surface area contributed by atoms with Crippen LogP contribution in [0.5, 0.6) is 0 Å². The van der Waals surface area contributed by atoms with E-state index in [1.54, 1.807) is 0 Å². The lowest BCUT2D eigenvalue weighted by atomic mass is 9.68. The van der Waals surface area contributed by atoms with Gasteiger partial charge in [-0.25, -0.2) is 4.79 Å². The van der Waals surface area contributed by atoms with Gasteiger partial charge in [-0.15, -0.1) is 0 Å². The number of carbonyl (C=O) groups is 2. The van der Waals surface area contributed by atoms with E-state index in [9.17, 15) is 9.59 Å². The third-order valence-corrected chi connectivity index (χ3v) is 9.28. The van der Waals surface area contributed by atoms with Crippen LogP contribution in [0.4, 0.5) is 0 Å². The number of carbonyl (C=O) groups excluding carboxylic acids is 2. The average molecular weight is 449 g/mol. The largest absolute Gasteiger partial charge is 0.463 e. The fraction of sp³-hybridized carbons (Fsp3) is 0.643. The molecule has 0 amide bonds. The molecule has 176 valence electrons. The minimum atomic E-state index is -0.785. The van der Waals surface area contributed by atoms with Gasteiger partial charge in [-0.05, 0) is 62.8 Å².